The van der Waals surface area contributed by atoms with Crippen LogP contribution in [0.1, 0.15) is 45.4 Å². The molecule has 1 unspecified atom stereocenters. The van der Waals surface area contributed by atoms with Crippen molar-refractivity contribution in [1.29, 1.82) is 0 Å². The van der Waals surface area contributed by atoms with Gasteiger partial charge in [-0.2, -0.15) is 5.10 Å². The molecule has 1 atom stereocenters. The summed E-state index contributed by atoms with van der Waals surface area (Å²) in [5.41, 5.74) is 5.47. The number of unbranched alkanes of at least 4 members (excludes halogenated alkanes) is 1. The fraction of sp³-hybridized carbons (Fsp3) is 0.818. The lowest BCUT2D eigenvalue weighted by molar-refractivity contribution is 0.371. The van der Waals surface area contributed by atoms with Gasteiger partial charge in [0.05, 0.1) is 6.54 Å². The Kier molecular flexibility index (Phi) is 5.32. The van der Waals surface area contributed by atoms with Crippen LogP contribution in [0, 0.1) is 5.92 Å². The predicted molar refractivity (Wildman–Crippen MR) is 61.2 cm³/mol. The lowest BCUT2D eigenvalue weighted by Crippen LogP contribution is -2.11. The Balaban J connectivity index is 2.43. The smallest absolute Gasteiger partial charge is 0.164 e. The Labute approximate surface area is 91.9 Å². The summed E-state index contributed by atoms with van der Waals surface area (Å²) in [4.78, 5) is 4.13. The Morgan fingerprint density at radius 3 is 2.80 bits per heavy atom. The van der Waals surface area contributed by atoms with Crippen molar-refractivity contribution < 1.29 is 0 Å². The number of nitrogens with zero attached hydrogens (tertiary/aromatic N) is 3. The van der Waals surface area contributed by atoms with E-state index in [4.69, 9.17) is 5.73 Å². The van der Waals surface area contributed by atoms with Crippen LogP contribution in [-0.4, -0.2) is 14.8 Å². The maximum atomic E-state index is 5.47. The molecule has 1 heterocycles. The van der Waals surface area contributed by atoms with Crippen molar-refractivity contribution in [2.75, 3.05) is 0 Å². The van der Waals surface area contributed by atoms with Gasteiger partial charge in [-0.15, -0.1) is 0 Å². The molecule has 0 saturated carbocycles. The highest BCUT2D eigenvalue weighted by molar-refractivity contribution is 4.79. The van der Waals surface area contributed by atoms with E-state index in [0.717, 1.165) is 18.3 Å². The van der Waals surface area contributed by atoms with E-state index < -0.39 is 0 Å². The first kappa shape index (κ1) is 12.2. The lowest BCUT2D eigenvalue weighted by atomic mass is 10.00. The first-order valence-electron chi connectivity index (χ1n) is 5.88. The third-order valence-electron chi connectivity index (χ3n) is 2.76. The molecule has 0 bridgehead atoms. The quantitative estimate of drug-likeness (QED) is 0.748. The highest BCUT2D eigenvalue weighted by Crippen LogP contribution is 2.14. The molecular formula is C11H22N4. The molecule has 1 aromatic heterocycles. The van der Waals surface area contributed by atoms with Gasteiger partial charge in [-0.05, 0) is 12.3 Å². The average molecular weight is 210 g/mol. The van der Waals surface area contributed by atoms with E-state index in [1.54, 1.807) is 6.33 Å². The van der Waals surface area contributed by atoms with Crippen LogP contribution in [0.3, 0.4) is 0 Å². The molecule has 0 amide bonds. The van der Waals surface area contributed by atoms with Crippen LogP contribution in [-0.2, 0) is 13.1 Å². The first-order chi connectivity index (χ1) is 7.30. The molecule has 86 valence electrons. The van der Waals surface area contributed by atoms with Crippen LogP contribution in [0.4, 0.5) is 0 Å². The van der Waals surface area contributed by atoms with Gasteiger partial charge < -0.3 is 5.73 Å². The highest BCUT2D eigenvalue weighted by atomic mass is 15.3. The summed E-state index contributed by atoms with van der Waals surface area (Å²) in [6, 6.07) is 0. The highest BCUT2D eigenvalue weighted by Gasteiger charge is 2.08. The molecule has 0 fully saturated rings. The Morgan fingerprint density at radius 1 is 1.47 bits per heavy atom. The molecule has 1 aromatic rings. The summed E-state index contributed by atoms with van der Waals surface area (Å²) in [5.74, 6) is 1.46. The summed E-state index contributed by atoms with van der Waals surface area (Å²) in [7, 11) is 0. The van der Waals surface area contributed by atoms with Gasteiger partial charge in [-0.25, -0.2) is 4.98 Å². The van der Waals surface area contributed by atoms with Gasteiger partial charge in [0.25, 0.3) is 0 Å². The van der Waals surface area contributed by atoms with Crippen molar-refractivity contribution in [2.45, 2.75) is 52.6 Å². The number of hydrogen-bond donors (Lipinski definition) is 1. The van der Waals surface area contributed by atoms with Gasteiger partial charge >= 0.3 is 0 Å². The molecular weight excluding hydrogens is 188 g/mol. The molecule has 4 heteroatoms. The van der Waals surface area contributed by atoms with E-state index in [9.17, 15) is 0 Å². The van der Waals surface area contributed by atoms with Gasteiger partial charge in [0.15, 0.2) is 5.82 Å². The number of hydrogen-bond acceptors (Lipinski definition) is 3. The van der Waals surface area contributed by atoms with E-state index in [2.05, 4.69) is 23.9 Å². The molecule has 0 radical (unpaired) electrons. The summed E-state index contributed by atoms with van der Waals surface area (Å²) < 4.78 is 1.92. The zero-order valence-corrected chi connectivity index (χ0v) is 9.82. The standard InChI is InChI=1S/C11H22N4/c1-3-5-6-10(4-2)8-15-9-13-11(7-12)14-15/h9-10H,3-8,12H2,1-2H3. The zero-order chi connectivity index (χ0) is 11.1. The van der Waals surface area contributed by atoms with Gasteiger partial charge in [0.2, 0.25) is 0 Å². The predicted octanol–water partition coefficient (Wildman–Crippen LogP) is 1.95. The minimum absolute atomic E-state index is 0.429. The minimum Gasteiger partial charge on any atom is -0.324 e. The molecule has 0 spiro atoms. The number of rotatable bonds is 7. The topological polar surface area (TPSA) is 56.7 Å². The Bertz CT molecular complexity index is 269. The average Bonchev–Trinajstić information content (AvgIpc) is 2.71. The minimum atomic E-state index is 0.429. The van der Waals surface area contributed by atoms with Gasteiger partial charge in [-0.3, -0.25) is 4.68 Å². The molecule has 0 aliphatic rings. The SMILES string of the molecule is CCCCC(CC)Cn1cnc(CN)n1. The molecule has 0 aliphatic carbocycles. The van der Waals surface area contributed by atoms with Crippen LogP contribution in [0.15, 0.2) is 6.33 Å². The van der Waals surface area contributed by atoms with Crippen LogP contribution in [0.25, 0.3) is 0 Å². The van der Waals surface area contributed by atoms with E-state index in [-0.39, 0.29) is 0 Å². The zero-order valence-electron chi connectivity index (χ0n) is 9.82. The monoisotopic (exact) mass is 210 g/mol. The summed E-state index contributed by atoms with van der Waals surface area (Å²) in [6.07, 6.45) is 6.85. The first-order valence-corrected chi connectivity index (χ1v) is 5.88. The molecule has 4 nitrogen and oxygen atoms in total. The number of aromatic nitrogens is 3. The van der Waals surface area contributed by atoms with Crippen molar-refractivity contribution >= 4 is 0 Å². The summed E-state index contributed by atoms with van der Waals surface area (Å²) in [6.45, 7) is 5.87. The van der Waals surface area contributed by atoms with Gasteiger partial charge in [-0.1, -0.05) is 33.1 Å². The Morgan fingerprint density at radius 2 is 2.27 bits per heavy atom. The van der Waals surface area contributed by atoms with Gasteiger partial charge in [0.1, 0.15) is 6.33 Å². The van der Waals surface area contributed by atoms with E-state index in [1.165, 1.54) is 25.7 Å². The Hall–Kier alpha value is -0.900. The maximum absolute atomic E-state index is 5.47. The second kappa shape index (κ2) is 6.56. The largest absolute Gasteiger partial charge is 0.324 e. The van der Waals surface area contributed by atoms with Gasteiger partial charge in [0, 0.05) is 6.54 Å². The third-order valence-corrected chi connectivity index (χ3v) is 2.76. The van der Waals surface area contributed by atoms with Crippen LogP contribution in [0.2, 0.25) is 0 Å². The van der Waals surface area contributed by atoms with E-state index >= 15 is 0 Å². The van der Waals surface area contributed by atoms with Crippen molar-refractivity contribution in [1.82, 2.24) is 14.8 Å². The fourth-order valence-electron chi connectivity index (χ4n) is 1.70. The molecule has 0 saturated heterocycles. The maximum Gasteiger partial charge on any atom is 0.164 e. The van der Waals surface area contributed by atoms with Crippen molar-refractivity contribution in [2.24, 2.45) is 11.7 Å². The number of nitrogens with two attached hydrogens (primary N) is 1. The molecule has 15 heavy (non-hydrogen) atoms. The lowest BCUT2D eigenvalue weighted by Gasteiger charge is -2.13. The normalized spacial score (nSPS) is 13.0. The van der Waals surface area contributed by atoms with Crippen molar-refractivity contribution in [3.8, 4) is 0 Å². The van der Waals surface area contributed by atoms with E-state index in [1.807, 2.05) is 4.68 Å². The molecule has 2 N–H and O–H groups in total. The van der Waals surface area contributed by atoms with Crippen molar-refractivity contribution in [3.05, 3.63) is 12.2 Å². The third kappa shape index (κ3) is 4.00. The molecule has 0 aromatic carbocycles. The summed E-state index contributed by atoms with van der Waals surface area (Å²) in [5, 5.41) is 4.31. The molecule has 1 rings (SSSR count). The molecule has 0 aliphatic heterocycles. The second-order valence-electron chi connectivity index (χ2n) is 4.00. The second-order valence-corrected chi connectivity index (χ2v) is 4.00. The van der Waals surface area contributed by atoms with Crippen LogP contribution in [0.5, 0.6) is 0 Å². The summed E-state index contributed by atoms with van der Waals surface area (Å²) >= 11 is 0. The van der Waals surface area contributed by atoms with Crippen LogP contribution >= 0.6 is 0 Å². The fourth-order valence-corrected chi connectivity index (χ4v) is 1.70. The van der Waals surface area contributed by atoms with E-state index in [0.29, 0.717) is 6.54 Å². The van der Waals surface area contributed by atoms with Crippen molar-refractivity contribution in [3.63, 3.8) is 0 Å². The van der Waals surface area contributed by atoms with Crippen LogP contribution < -0.4 is 5.73 Å².